The van der Waals surface area contributed by atoms with Crippen molar-refractivity contribution in [3.63, 3.8) is 0 Å². The SMILES string of the molecule is CN1CC[C@@H]2Nc3c(Sc4ccc(F)c(Cl)c4)cccc3[C@H]2C1. The molecule has 2 aliphatic heterocycles. The van der Waals surface area contributed by atoms with Crippen LogP contribution in [0.1, 0.15) is 17.9 Å². The van der Waals surface area contributed by atoms with E-state index in [1.165, 1.54) is 28.6 Å². The van der Waals surface area contributed by atoms with Crippen LogP contribution in [0.4, 0.5) is 10.1 Å². The van der Waals surface area contributed by atoms with Crippen molar-refractivity contribution in [1.29, 1.82) is 0 Å². The van der Waals surface area contributed by atoms with Gasteiger partial charge in [0.2, 0.25) is 0 Å². The fourth-order valence-corrected chi connectivity index (χ4v) is 4.79. The van der Waals surface area contributed by atoms with Crippen molar-refractivity contribution < 1.29 is 4.39 Å². The Kier molecular flexibility index (Phi) is 4.00. The third kappa shape index (κ3) is 2.84. The predicted molar refractivity (Wildman–Crippen MR) is 94.2 cm³/mol. The van der Waals surface area contributed by atoms with E-state index in [1.807, 2.05) is 0 Å². The molecule has 0 aromatic heterocycles. The highest BCUT2D eigenvalue weighted by atomic mass is 35.5. The number of rotatable bonds is 2. The summed E-state index contributed by atoms with van der Waals surface area (Å²) in [6.45, 7) is 2.24. The number of halogens is 2. The van der Waals surface area contributed by atoms with Crippen LogP contribution in [0, 0.1) is 5.82 Å². The van der Waals surface area contributed by atoms with Crippen molar-refractivity contribution >= 4 is 29.1 Å². The van der Waals surface area contributed by atoms with E-state index in [1.54, 1.807) is 23.9 Å². The number of para-hydroxylation sites is 1. The van der Waals surface area contributed by atoms with Crippen molar-refractivity contribution in [3.05, 3.63) is 52.8 Å². The van der Waals surface area contributed by atoms with Gasteiger partial charge >= 0.3 is 0 Å². The zero-order chi connectivity index (χ0) is 16.0. The first kappa shape index (κ1) is 15.3. The Hall–Kier alpha value is -1.23. The lowest BCUT2D eigenvalue weighted by Gasteiger charge is -2.32. The summed E-state index contributed by atoms with van der Waals surface area (Å²) in [6, 6.07) is 11.9. The van der Waals surface area contributed by atoms with Crippen LogP contribution in [-0.4, -0.2) is 31.1 Å². The van der Waals surface area contributed by atoms with E-state index in [0.717, 1.165) is 18.0 Å². The second-order valence-electron chi connectivity index (χ2n) is 6.31. The molecule has 0 aliphatic carbocycles. The molecule has 4 rings (SSSR count). The number of anilines is 1. The van der Waals surface area contributed by atoms with Gasteiger partial charge in [-0.1, -0.05) is 35.5 Å². The molecule has 0 unspecified atom stereocenters. The largest absolute Gasteiger partial charge is 0.380 e. The predicted octanol–water partition coefficient (Wildman–Crippen LogP) is 4.84. The number of likely N-dealkylation sites (tertiary alicyclic amines) is 1. The summed E-state index contributed by atoms with van der Waals surface area (Å²) in [5.74, 6) is 0.183. The standard InChI is InChI=1S/C18H18ClFN2S/c1-22-8-7-16-13(10-22)12-3-2-4-17(18(12)21-16)23-11-5-6-15(20)14(19)9-11/h2-6,9,13,16,21H,7-8,10H2,1H3/t13-,16+/m1/s1. The van der Waals surface area contributed by atoms with Crippen LogP contribution in [0.15, 0.2) is 46.2 Å². The quantitative estimate of drug-likeness (QED) is 0.835. The van der Waals surface area contributed by atoms with Crippen LogP contribution in [0.2, 0.25) is 5.02 Å². The molecule has 2 atom stereocenters. The molecule has 0 saturated carbocycles. The average Bonchev–Trinajstić information content (AvgIpc) is 2.90. The van der Waals surface area contributed by atoms with Crippen LogP contribution in [0.25, 0.3) is 0 Å². The molecule has 0 bridgehead atoms. The Labute approximate surface area is 145 Å². The maximum Gasteiger partial charge on any atom is 0.141 e. The summed E-state index contributed by atoms with van der Waals surface area (Å²) in [5.41, 5.74) is 2.64. The van der Waals surface area contributed by atoms with Gasteiger partial charge in [0.25, 0.3) is 0 Å². The summed E-state index contributed by atoms with van der Waals surface area (Å²) in [6.07, 6.45) is 1.17. The van der Waals surface area contributed by atoms with Gasteiger partial charge < -0.3 is 10.2 Å². The third-order valence-electron chi connectivity index (χ3n) is 4.72. The molecule has 2 aliphatic rings. The maximum atomic E-state index is 13.3. The zero-order valence-electron chi connectivity index (χ0n) is 12.9. The fourth-order valence-electron chi connectivity index (χ4n) is 3.55. The molecule has 2 heterocycles. The minimum Gasteiger partial charge on any atom is -0.380 e. The smallest absolute Gasteiger partial charge is 0.141 e. The highest BCUT2D eigenvalue weighted by Gasteiger charge is 2.36. The van der Waals surface area contributed by atoms with Gasteiger partial charge in [0.15, 0.2) is 0 Å². The van der Waals surface area contributed by atoms with Crippen LogP contribution in [-0.2, 0) is 0 Å². The second kappa shape index (κ2) is 6.00. The Bertz CT molecular complexity index is 752. The second-order valence-corrected chi connectivity index (χ2v) is 7.83. The minimum absolute atomic E-state index is 0.172. The van der Waals surface area contributed by atoms with Crippen molar-refractivity contribution in [2.45, 2.75) is 28.2 Å². The van der Waals surface area contributed by atoms with E-state index in [4.69, 9.17) is 11.6 Å². The number of nitrogens with zero attached hydrogens (tertiary/aromatic N) is 1. The number of hydrogen-bond acceptors (Lipinski definition) is 3. The number of piperidine rings is 1. The highest BCUT2D eigenvalue weighted by molar-refractivity contribution is 7.99. The summed E-state index contributed by atoms with van der Waals surface area (Å²) >= 11 is 7.54. The van der Waals surface area contributed by atoms with Gasteiger partial charge in [0, 0.05) is 28.3 Å². The molecule has 0 amide bonds. The number of fused-ring (bicyclic) bond motifs is 3. The summed E-state index contributed by atoms with van der Waals surface area (Å²) in [4.78, 5) is 4.54. The molecule has 2 aromatic carbocycles. The zero-order valence-corrected chi connectivity index (χ0v) is 14.4. The molecule has 5 heteroatoms. The van der Waals surface area contributed by atoms with E-state index < -0.39 is 0 Å². The molecule has 1 saturated heterocycles. The molecule has 23 heavy (non-hydrogen) atoms. The Morgan fingerprint density at radius 2 is 2.17 bits per heavy atom. The van der Waals surface area contributed by atoms with Crippen molar-refractivity contribution in [1.82, 2.24) is 4.90 Å². The average molecular weight is 349 g/mol. The van der Waals surface area contributed by atoms with Crippen molar-refractivity contribution in [2.75, 3.05) is 25.5 Å². The molecule has 0 radical (unpaired) electrons. The van der Waals surface area contributed by atoms with Gasteiger partial charge in [0.1, 0.15) is 5.82 Å². The van der Waals surface area contributed by atoms with Crippen molar-refractivity contribution in [2.24, 2.45) is 0 Å². The summed E-state index contributed by atoms with van der Waals surface area (Å²) in [5, 5.41) is 3.89. The molecule has 2 aromatic rings. The molecule has 1 N–H and O–H groups in total. The van der Waals surface area contributed by atoms with Gasteiger partial charge in [-0.25, -0.2) is 4.39 Å². The maximum absolute atomic E-state index is 13.3. The summed E-state index contributed by atoms with van der Waals surface area (Å²) < 4.78 is 13.3. The lowest BCUT2D eigenvalue weighted by Crippen LogP contribution is -2.39. The summed E-state index contributed by atoms with van der Waals surface area (Å²) in [7, 11) is 2.19. The normalized spacial score (nSPS) is 23.3. The van der Waals surface area contributed by atoms with E-state index in [0.29, 0.717) is 12.0 Å². The first-order valence-corrected chi connectivity index (χ1v) is 9.02. The van der Waals surface area contributed by atoms with E-state index >= 15 is 0 Å². The van der Waals surface area contributed by atoms with Crippen LogP contribution in [0.5, 0.6) is 0 Å². The topological polar surface area (TPSA) is 15.3 Å². The van der Waals surface area contributed by atoms with E-state index in [9.17, 15) is 4.39 Å². The van der Waals surface area contributed by atoms with Gasteiger partial charge in [0.05, 0.1) is 10.7 Å². The van der Waals surface area contributed by atoms with Gasteiger partial charge in [-0.2, -0.15) is 0 Å². The van der Waals surface area contributed by atoms with Gasteiger partial charge in [-0.3, -0.25) is 0 Å². The number of benzene rings is 2. The minimum atomic E-state index is -0.374. The lowest BCUT2D eigenvalue weighted by molar-refractivity contribution is 0.243. The van der Waals surface area contributed by atoms with E-state index in [-0.39, 0.29) is 10.8 Å². The third-order valence-corrected chi connectivity index (χ3v) is 6.06. The van der Waals surface area contributed by atoms with Crippen LogP contribution >= 0.6 is 23.4 Å². The monoisotopic (exact) mass is 348 g/mol. The molecule has 2 nitrogen and oxygen atoms in total. The highest BCUT2D eigenvalue weighted by Crippen LogP contribution is 2.46. The fraction of sp³-hybridized carbons (Fsp3) is 0.333. The molecule has 120 valence electrons. The van der Waals surface area contributed by atoms with Crippen LogP contribution < -0.4 is 5.32 Å². The van der Waals surface area contributed by atoms with Gasteiger partial charge in [-0.05, 0) is 49.8 Å². The van der Waals surface area contributed by atoms with Crippen LogP contribution in [0.3, 0.4) is 0 Å². The number of hydrogen-bond donors (Lipinski definition) is 1. The number of likely N-dealkylation sites (N-methyl/N-ethyl adjacent to an activating group) is 1. The molecular weight excluding hydrogens is 331 g/mol. The Morgan fingerprint density at radius 1 is 1.30 bits per heavy atom. The first-order valence-electron chi connectivity index (χ1n) is 7.83. The Balaban J connectivity index is 1.65. The lowest BCUT2D eigenvalue weighted by atomic mass is 9.90. The first-order chi connectivity index (χ1) is 11.1. The molecular formula is C18H18ClFN2S. The number of nitrogens with one attached hydrogen (secondary N) is 1. The Morgan fingerprint density at radius 3 is 3.00 bits per heavy atom. The van der Waals surface area contributed by atoms with E-state index in [2.05, 4.69) is 35.5 Å². The molecule has 1 fully saturated rings. The van der Waals surface area contributed by atoms with Crippen molar-refractivity contribution in [3.8, 4) is 0 Å². The van der Waals surface area contributed by atoms with Gasteiger partial charge in [-0.15, -0.1) is 0 Å². The molecule has 0 spiro atoms.